The molecule has 0 spiro atoms. The van der Waals surface area contributed by atoms with E-state index >= 15 is 0 Å². The summed E-state index contributed by atoms with van der Waals surface area (Å²) >= 11 is 0. The Kier molecular flexibility index (Phi) is 5.41. The predicted octanol–water partition coefficient (Wildman–Crippen LogP) is 3.46. The first-order valence-electron chi connectivity index (χ1n) is 7.74. The fraction of sp³-hybridized carbons (Fsp3) is 0.647. The van der Waals surface area contributed by atoms with Gasteiger partial charge in [0.1, 0.15) is 0 Å². The lowest BCUT2D eigenvalue weighted by Gasteiger charge is -2.33. The van der Waals surface area contributed by atoms with Crippen LogP contribution in [0.2, 0.25) is 0 Å². The first-order chi connectivity index (χ1) is 9.22. The second-order valence-corrected chi connectivity index (χ2v) is 5.89. The molecule has 1 saturated heterocycles. The van der Waals surface area contributed by atoms with Crippen molar-refractivity contribution >= 4 is 0 Å². The van der Waals surface area contributed by atoms with Crippen LogP contribution >= 0.6 is 0 Å². The first-order valence-corrected chi connectivity index (χ1v) is 7.74. The Labute approximate surface area is 118 Å². The van der Waals surface area contributed by atoms with Crippen LogP contribution in [0, 0.1) is 5.92 Å². The topological polar surface area (TPSA) is 15.3 Å². The molecule has 1 aliphatic heterocycles. The molecule has 0 bridgehead atoms. The van der Waals surface area contributed by atoms with E-state index in [1.807, 2.05) is 0 Å². The van der Waals surface area contributed by atoms with Crippen molar-refractivity contribution in [2.45, 2.75) is 45.7 Å². The number of benzene rings is 1. The predicted molar refractivity (Wildman–Crippen MR) is 82.3 cm³/mol. The molecule has 3 unspecified atom stereocenters. The van der Waals surface area contributed by atoms with E-state index in [4.69, 9.17) is 0 Å². The van der Waals surface area contributed by atoms with Gasteiger partial charge in [-0.25, -0.2) is 0 Å². The third kappa shape index (κ3) is 3.80. The fourth-order valence-corrected chi connectivity index (χ4v) is 2.93. The summed E-state index contributed by atoms with van der Waals surface area (Å²) in [7, 11) is 0. The van der Waals surface area contributed by atoms with E-state index in [2.05, 4.69) is 61.3 Å². The van der Waals surface area contributed by atoms with E-state index in [-0.39, 0.29) is 0 Å². The highest BCUT2D eigenvalue weighted by Crippen LogP contribution is 2.22. The standard InChI is InChI=1S/C17H28N2/c1-4-14(2)15(3)19-12-8-11-18-17(13-19)16-9-6-5-7-10-16/h5-7,9-10,14-15,17-18H,4,8,11-13H2,1-3H3. The molecule has 1 fully saturated rings. The van der Waals surface area contributed by atoms with E-state index < -0.39 is 0 Å². The summed E-state index contributed by atoms with van der Waals surface area (Å²) in [5.41, 5.74) is 1.42. The summed E-state index contributed by atoms with van der Waals surface area (Å²) in [6.45, 7) is 10.6. The lowest BCUT2D eigenvalue weighted by atomic mass is 9.98. The highest BCUT2D eigenvalue weighted by atomic mass is 15.2. The number of hydrogen-bond donors (Lipinski definition) is 1. The second-order valence-electron chi connectivity index (χ2n) is 5.89. The van der Waals surface area contributed by atoms with Crippen LogP contribution in [-0.4, -0.2) is 30.6 Å². The Hall–Kier alpha value is -0.860. The van der Waals surface area contributed by atoms with Gasteiger partial charge in [0.2, 0.25) is 0 Å². The molecule has 1 aromatic rings. The van der Waals surface area contributed by atoms with Gasteiger partial charge in [-0.05, 0) is 37.9 Å². The van der Waals surface area contributed by atoms with Gasteiger partial charge < -0.3 is 5.32 Å². The first kappa shape index (κ1) is 14.5. The second kappa shape index (κ2) is 7.06. The van der Waals surface area contributed by atoms with Crippen molar-refractivity contribution in [1.82, 2.24) is 10.2 Å². The Balaban J connectivity index is 2.06. The monoisotopic (exact) mass is 260 g/mol. The van der Waals surface area contributed by atoms with Crippen molar-refractivity contribution in [3.8, 4) is 0 Å². The molecule has 2 heteroatoms. The van der Waals surface area contributed by atoms with Crippen molar-refractivity contribution in [2.75, 3.05) is 19.6 Å². The molecule has 1 aromatic carbocycles. The number of nitrogens with zero attached hydrogens (tertiary/aromatic N) is 1. The maximum atomic E-state index is 3.70. The minimum Gasteiger partial charge on any atom is -0.309 e. The Morgan fingerprint density at radius 3 is 2.68 bits per heavy atom. The van der Waals surface area contributed by atoms with E-state index in [9.17, 15) is 0 Å². The van der Waals surface area contributed by atoms with Crippen LogP contribution < -0.4 is 5.32 Å². The molecular formula is C17H28N2. The van der Waals surface area contributed by atoms with Crippen LogP contribution in [0.15, 0.2) is 30.3 Å². The summed E-state index contributed by atoms with van der Waals surface area (Å²) in [4.78, 5) is 2.67. The van der Waals surface area contributed by atoms with Gasteiger partial charge in [-0.1, -0.05) is 50.6 Å². The molecule has 2 rings (SSSR count). The largest absolute Gasteiger partial charge is 0.309 e. The van der Waals surface area contributed by atoms with Crippen LogP contribution in [0.3, 0.4) is 0 Å². The molecule has 1 N–H and O–H groups in total. The summed E-state index contributed by atoms with van der Waals surface area (Å²) in [6.07, 6.45) is 2.52. The van der Waals surface area contributed by atoms with E-state index in [0.29, 0.717) is 12.1 Å². The molecule has 19 heavy (non-hydrogen) atoms. The van der Waals surface area contributed by atoms with E-state index in [1.165, 1.54) is 24.9 Å². The molecule has 1 heterocycles. The van der Waals surface area contributed by atoms with Crippen LogP contribution in [-0.2, 0) is 0 Å². The number of nitrogens with one attached hydrogen (secondary N) is 1. The van der Waals surface area contributed by atoms with Gasteiger partial charge in [0.05, 0.1) is 0 Å². The zero-order chi connectivity index (χ0) is 13.7. The lowest BCUT2D eigenvalue weighted by molar-refractivity contribution is 0.156. The normalized spacial score (nSPS) is 24.7. The van der Waals surface area contributed by atoms with Gasteiger partial charge >= 0.3 is 0 Å². The minimum atomic E-state index is 0.482. The lowest BCUT2D eigenvalue weighted by Crippen LogP contribution is -2.40. The summed E-state index contributed by atoms with van der Waals surface area (Å²) in [6, 6.07) is 12.0. The molecule has 3 atom stereocenters. The Morgan fingerprint density at radius 2 is 2.00 bits per heavy atom. The van der Waals surface area contributed by atoms with Crippen molar-refractivity contribution in [1.29, 1.82) is 0 Å². The van der Waals surface area contributed by atoms with Gasteiger partial charge in [0.15, 0.2) is 0 Å². The fourth-order valence-electron chi connectivity index (χ4n) is 2.93. The molecular weight excluding hydrogens is 232 g/mol. The molecule has 2 nitrogen and oxygen atoms in total. The highest BCUT2D eigenvalue weighted by Gasteiger charge is 2.24. The van der Waals surface area contributed by atoms with E-state index in [1.54, 1.807) is 0 Å². The smallest absolute Gasteiger partial charge is 0.0449 e. The molecule has 0 radical (unpaired) electrons. The van der Waals surface area contributed by atoms with E-state index in [0.717, 1.165) is 19.0 Å². The van der Waals surface area contributed by atoms with Crippen LogP contribution in [0.25, 0.3) is 0 Å². The summed E-state index contributed by atoms with van der Waals surface area (Å²) in [5.74, 6) is 0.773. The third-order valence-electron chi connectivity index (χ3n) is 4.68. The highest BCUT2D eigenvalue weighted by molar-refractivity contribution is 5.19. The zero-order valence-corrected chi connectivity index (χ0v) is 12.6. The van der Waals surface area contributed by atoms with Gasteiger partial charge in [0, 0.05) is 18.6 Å². The molecule has 0 aliphatic carbocycles. The van der Waals surface area contributed by atoms with Crippen molar-refractivity contribution in [2.24, 2.45) is 5.92 Å². The van der Waals surface area contributed by atoms with Crippen LogP contribution in [0.5, 0.6) is 0 Å². The van der Waals surface area contributed by atoms with Gasteiger partial charge in [-0.2, -0.15) is 0 Å². The van der Waals surface area contributed by atoms with Crippen molar-refractivity contribution < 1.29 is 0 Å². The third-order valence-corrected chi connectivity index (χ3v) is 4.68. The summed E-state index contributed by atoms with van der Waals surface area (Å²) < 4.78 is 0. The molecule has 1 aliphatic rings. The molecule has 106 valence electrons. The summed E-state index contributed by atoms with van der Waals surface area (Å²) in [5, 5.41) is 3.70. The van der Waals surface area contributed by atoms with Crippen molar-refractivity contribution in [3.63, 3.8) is 0 Å². The minimum absolute atomic E-state index is 0.482. The van der Waals surface area contributed by atoms with Crippen LogP contribution in [0.1, 0.15) is 45.2 Å². The van der Waals surface area contributed by atoms with Crippen molar-refractivity contribution in [3.05, 3.63) is 35.9 Å². The number of rotatable bonds is 4. The van der Waals surface area contributed by atoms with Gasteiger partial charge in [0.25, 0.3) is 0 Å². The maximum Gasteiger partial charge on any atom is 0.0449 e. The quantitative estimate of drug-likeness (QED) is 0.892. The molecule has 0 amide bonds. The number of hydrogen-bond acceptors (Lipinski definition) is 2. The zero-order valence-electron chi connectivity index (χ0n) is 12.6. The average molecular weight is 260 g/mol. The maximum absolute atomic E-state index is 3.70. The van der Waals surface area contributed by atoms with Crippen LogP contribution in [0.4, 0.5) is 0 Å². The Bertz CT molecular complexity index is 363. The SMILES string of the molecule is CCC(C)C(C)N1CCCNC(c2ccccc2)C1. The molecule has 0 aromatic heterocycles. The van der Waals surface area contributed by atoms with Gasteiger partial charge in [-0.3, -0.25) is 4.90 Å². The average Bonchev–Trinajstić information content (AvgIpc) is 2.72. The van der Waals surface area contributed by atoms with Gasteiger partial charge in [-0.15, -0.1) is 0 Å². The molecule has 0 saturated carbocycles. The Morgan fingerprint density at radius 1 is 1.26 bits per heavy atom.